The molecule has 5 nitrogen and oxygen atoms in total. The highest BCUT2D eigenvalue weighted by atomic mass is 35.5. The van der Waals surface area contributed by atoms with Gasteiger partial charge < -0.3 is 20.3 Å². The first-order valence-corrected chi connectivity index (χ1v) is 11.9. The number of carbonyl (C=O) groups excluding carboxylic acids is 1. The molecule has 0 aromatic heterocycles. The first kappa shape index (κ1) is 23.4. The maximum atomic E-state index is 12.3. The van der Waals surface area contributed by atoms with Crippen LogP contribution in [0.5, 0.6) is 0 Å². The Kier molecular flexibility index (Phi) is 8.44. The Bertz CT molecular complexity index is 677. The van der Waals surface area contributed by atoms with Crippen molar-refractivity contribution in [1.82, 2.24) is 15.5 Å². The monoisotopic (exact) mass is 435 g/mol. The number of nitrogens with zero attached hydrogens (tertiary/aromatic N) is 1. The number of nitrogens with one attached hydrogen (secondary N) is 2. The molecule has 0 unspecified atom stereocenters. The molecular formula is C24H38ClN3O2. The minimum Gasteiger partial charge on any atom is -0.444 e. The number of rotatable bonds is 6. The van der Waals surface area contributed by atoms with Gasteiger partial charge in [0.05, 0.1) is 0 Å². The van der Waals surface area contributed by atoms with Gasteiger partial charge in [0.15, 0.2) is 0 Å². The number of piperidine rings is 1. The van der Waals surface area contributed by atoms with E-state index in [9.17, 15) is 4.79 Å². The van der Waals surface area contributed by atoms with E-state index in [2.05, 4.69) is 22.8 Å². The van der Waals surface area contributed by atoms with Crippen LogP contribution in [-0.4, -0.2) is 48.3 Å². The van der Waals surface area contributed by atoms with Crippen molar-refractivity contribution in [3.05, 3.63) is 34.9 Å². The van der Waals surface area contributed by atoms with Gasteiger partial charge in [0, 0.05) is 42.8 Å². The fourth-order valence-corrected chi connectivity index (χ4v) is 4.63. The van der Waals surface area contributed by atoms with Crippen molar-refractivity contribution in [2.75, 3.05) is 19.6 Å². The standard InChI is InChI=1S/C24H38ClN3O2/c1-24(2,3)30-23(29)28-14-12-21(13-15-28)27-22(18-8-7-9-19(25)16-18)17-26-20-10-5-4-6-11-20/h7-9,16,20-22,26-27H,4-6,10-15,17H2,1-3H3/t22-/m0/s1. The molecule has 2 aliphatic rings. The van der Waals surface area contributed by atoms with Gasteiger partial charge in [-0.05, 0) is 64.2 Å². The van der Waals surface area contributed by atoms with E-state index in [0.717, 1.165) is 37.5 Å². The van der Waals surface area contributed by atoms with E-state index < -0.39 is 5.60 Å². The lowest BCUT2D eigenvalue weighted by atomic mass is 9.95. The number of amides is 1. The van der Waals surface area contributed by atoms with E-state index in [0.29, 0.717) is 12.1 Å². The molecule has 2 fully saturated rings. The largest absolute Gasteiger partial charge is 0.444 e. The van der Waals surface area contributed by atoms with E-state index in [1.54, 1.807) is 0 Å². The minimum absolute atomic E-state index is 0.202. The molecule has 0 bridgehead atoms. The van der Waals surface area contributed by atoms with Crippen molar-refractivity contribution in [2.45, 2.75) is 89.4 Å². The normalized spacial score (nSPS) is 20.2. The van der Waals surface area contributed by atoms with Gasteiger partial charge in [0.1, 0.15) is 5.60 Å². The predicted molar refractivity (Wildman–Crippen MR) is 123 cm³/mol. The highest BCUT2D eigenvalue weighted by Gasteiger charge is 2.28. The number of carbonyl (C=O) groups is 1. The molecule has 2 N–H and O–H groups in total. The van der Waals surface area contributed by atoms with Crippen LogP contribution in [-0.2, 0) is 4.74 Å². The van der Waals surface area contributed by atoms with Crippen LogP contribution < -0.4 is 10.6 Å². The predicted octanol–water partition coefficient (Wildman–Crippen LogP) is 5.29. The molecule has 1 aliphatic heterocycles. The van der Waals surface area contributed by atoms with Crippen molar-refractivity contribution in [3.63, 3.8) is 0 Å². The maximum Gasteiger partial charge on any atom is 0.410 e. The number of hydrogen-bond acceptors (Lipinski definition) is 4. The molecule has 1 saturated heterocycles. The molecule has 1 amide bonds. The highest BCUT2D eigenvalue weighted by Crippen LogP contribution is 2.23. The highest BCUT2D eigenvalue weighted by molar-refractivity contribution is 6.30. The Labute approximate surface area is 186 Å². The van der Waals surface area contributed by atoms with Gasteiger partial charge in [-0.3, -0.25) is 0 Å². The topological polar surface area (TPSA) is 53.6 Å². The summed E-state index contributed by atoms with van der Waals surface area (Å²) in [4.78, 5) is 14.2. The quantitative estimate of drug-likeness (QED) is 0.637. The summed E-state index contributed by atoms with van der Waals surface area (Å²) in [7, 11) is 0. The molecule has 1 aliphatic carbocycles. The average Bonchev–Trinajstić information content (AvgIpc) is 2.71. The Morgan fingerprint density at radius 3 is 2.47 bits per heavy atom. The second kappa shape index (κ2) is 10.8. The summed E-state index contributed by atoms with van der Waals surface area (Å²) in [5, 5.41) is 8.41. The van der Waals surface area contributed by atoms with Crippen LogP contribution in [0.3, 0.4) is 0 Å². The maximum absolute atomic E-state index is 12.3. The molecule has 0 spiro atoms. The molecule has 168 valence electrons. The van der Waals surface area contributed by atoms with Gasteiger partial charge in [-0.2, -0.15) is 0 Å². The van der Waals surface area contributed by atoms with Gasteiger partial charge in [0.25, 0.3) is 0 Å². The lowest BCUT2D eigenvalue weighted by molar-refractivity contribution is 0.0195. The van der Waals surface area contributed by atoms with E-state index in [4.69, 9.17) is 16.3 Å². The van der Waals surface area contributed by atoms with Crippen molar-refractivity contribution in [2.24, 2.45) is 0 Å². The van der Waals surface area contributed by atoms with Crippen LogP contribution in [0, 0.1) is 0 Å². The Morgan fingerprint density at radius 1 is 1.13 bits per heavy atom. The first-order chi connectivity index (χ1) is 14.3. The summed E-state index contributed by atoms with van der Waals surface area (Å²) in [5.41, 5.74) is 0.773. The summed E-state index contributed by atoms with van der Waals surface area (Å²) in [6.07, 6.45) is 8.23. The number of benzene rings is 1. The third-order valence-corrected chi connectivity index (χ3v) is 6.29. The van der Waals surface area contributed by atoms with Crippen LogP contribution in [0.15, 0.2) is 24.3 Å². The van der Waals surface area contributed by atoms with E-state index in [1.165, 1.54) is 37.7 Å². The third kappa shape index (κ3) is 7.44. The number of ether oxygens (including phenoxy) is 1. The molecule has 1 heterocycles. The first-order valence-electron chi connectivity index (χ1n) is 11.5. The van der Waals surface area contributed by atoms with Crippen molar-refractivity contribution >= 4 is 17.7 Å². The zero-order valence-electron chi connectivity index (χ0n) is 18.8. The molecule has 1 aromatic rings. The average molecular weight is 436 g/mol. The van der Waals surface area contributed by atoms with Gasteiger partial charge in [0.2, 0.25) is 0 Å². The summed E-state index contributed by atoms with van der Waals surface area (Å²) in [6.45, 7) is 8.09. The zero-order chi connectivity index (χ0) is 21.6. The van der Waals surface area contributed by atoms with Crippen LogP contribution >= 0.6 is 11.6 Å². The van der Waals surface area contributed by atoms with E-state index >= 15 is 0 Å². The second-order valence-corrected chi connectivity index (χ2v) is 10.2. The molecule has 3 rings (SSSR count). The summed E-state index contributed by atoms with van der Waals surface area (Å²) >= 11 is 6.28. The van der Waals surface area contributed by atoms with Crippen LogP contribution in [0.25, 0.3) is 0 Å². The Hall–Kier alpha value is -1.30. The molecule has 30 heavy (non-hydrogen) atoms. The van der Waals surface area contributed by atoms with Gasteiger partial charge in [-0.1, -0.05) is 43.0 Å². The van der Waals surface area contributed by atoms with Crippen LogP contribution in [0.1, 0.15) is 77.3 Å². The summed E-state index contributed by atoms with van der Waals surface area (Å²) in [6, 6.07) is 9.38. The Balaban J connectivity index is 1.56. The molecular weight excluding hydrogens is 398 g/mol. The minimum atomic E-state index is -0.450. The molecule has 1 saturated carbocycles. The SMILES string of the molecule is CC(C)(C)OC(=O)N1CCC(N[C@@H](CNC2CCCCC2)c2cccc(Cl)c2)CC1. The third-order valence-electron chi connectivity index (χ3n) is 6.05. The number of hydrogen-bond donors (Lipinski definition) is 2. The second-order valence-electron chi connectivity index (χ2n) is 9.76. The fraction of sp³-hybridized carbons (Fsp3) is 0.708. The van der Waals surface area contributed by atoms with Crippen molar-refractivity contribution in [1.29, 1.82) is 0 Å². The molecule has 1 atom stereocenters. The van der Waals surface area contributed by atoms with E-state index in [1.807, 2.05) is 37.8 Å². The van der Waals surface area contributed by atoms with Crippen molar-refractivity contribution in [3.8, 4) is 0 Å². The van der Waals surface area contributed by atoms with E-state index in [-0.39, 0.29) is 12.1 Å². The van der Waals surface area contributed by atoms with Crippen LogP contribution in [0.4, 0.5) is 4.79 Å². The molecule has 0 radical (unpaired) electrons. The van der Waals surface area contributed by atoms with Gasteiger partial charge >= 0.3 is 6.09 Å². The fourth-order valence-electron chi connectivity index (χ4n) is 4.43. The lowest BCUT2D eigenvalue weighted by Crippen LogP contribution is -2.48. The van der Waals surface area contributed by atoms with Gasteiger partial charge in [-0.25, -0.2) is 4.79 Å². The van der Waals surface area contributed by atoms with Crippen molar-refractivity contribution < 1.29 is 9.53 Å². The zero-order valence-corrected chi connectivity index (χ0v) is 19.5. The summed E-state index contributed by atoms with van der Waals surface area (Å²) in [5.74, 6) is 0. The Morgan fingerprint density at radius 2 is 1.83 bits per heavy atom. The molecule has 6 heteroatoms. The van der Waals surface area contributed by atoms with Gasteiger partial charge in [-0.15, -0.1) is 0 Å². The smallest absolute Gasteiger partial charge is 0.410 e. The molecule has 1 aromatic carbocycles. The number of likely N-dealkylation sites (tertiary alicyclic amines) is 1. The number of halogens is 1. The lowest BCUT2D eigenvalue weighted by Gasteiger charge is -2.36. The van der Waals surface area contributed by atoms with Crippen LogP contribution in [0.2, 0.25) is 5.02 Å². The summed E-state index contributed by atoms with van der Waals surface area (Å²) < 4.78 is 5.52.